The second-order valence-electron chi connectivity index (χ2n) is 5.66. The molecule has 0 aliphatic heterocycles. The van der Waals surface area contributed by atoms with Crippen molar-refractivity contribution in [3.05, 3.63) is 40.3 Å². The van der Waals surface area contributed by atoms with Crippen LogP contribution in [0.3, 0.4) is 0 Å². The highest BCUT2D eigenvalue weighted by Crippen LogP contribution is 2.39. The smallest absolute Gasteiger partial charge is 0.311 e. The van der Waals surface area contributed by atoms with Gasteiger partial charge in [0.05, 0.1) is 38.5 Å². The molecule has 8 nitrogen and oxygen atoms in total. The lowest BCUT2D eigenvalue weighted by Gasteiger charge is -2.10. The third-order valence-corrected chi connectivity index (χ3v) is 5.46. The van der Waals surface area contributed by atoms with Crippen LogP contribution >= 0.6 is 22.7 Å². The number of carbonyl (C=O) groups excluding carboxylic acids is 2. The van der Waals surface area contributed by atoms with E-state index >= 15 is 0 Å². The van der Waals surface area contributed by atoms with Gasteiger partial charge in [0.2, 0.25) is 0 Å². The second-order valence-corrected chi connectivity index (χ2v) is 7.38. The Labute approximate surface area is 175 Å². The number of rotatable bonds is 8. The van der Waals surface area contributed by atoms with Crippen LogP contribution in [0.15, 0.2) is 29.0 Å². The van der Waals surface area contributed by atoms with Crippen LogP contribution < -0.4 is 14.8 Å². The van der Waals surface area contributed by atoms with Gasteiger partial charge in [-0.15, -0.1) is 22.7 Å². The maximum atomic E-state index is 12.5. The van der Waals surface area contributed by atoms with Gasteiger partial charge in [0.15, 0.2) is 16.6 Å². The van der Waals surface area contributed by atoms with Crippen LogP contribution in [0, 0.1) is 0 Å². The number of thiazole rings is 2. The second kappa shape index (κ2) is 9.48. The highest BCUT2D eigenvalue weighted by Gasteiger charge is 2.18. The Morgan fingerprint density at radius 3 is 2.66 bits per heavy atom. The summed E-state index contributed by atoms with van der Waals surface area (Å²) in [4.78, 5) is 32.7. The lowest BCUT2D eigenvalue weighted by atomic mass is 10.2. The van der Waals surface area contributed by atoms with Crippen LogP contribution in [0.4, 0.5) is 5.13 Å². The van der Waals surface area contributed by atoms with Gasteiger partial charge in [0, 0.05) is 10.8 Å². The van der Waals surface area contributed by atoms with Crippen molar-refractivity contribution in [2.75, 3.05) is 26.1 Å². The highest BCUT2D eigenvalue weighted by atomic mass is 32.1. The minimum atomic E-state index is -0.383. The van der Waals surface area contributed by atoms with Crippen LogP contribution in [0.2, 0.25) is 0 Å². The molecule has 2 aromatic heterocycles. The topological polar surface area (TPSA) is 99.6 Å². The molecule has 0 radical (unpaired) electrons. The molecule has 0 saturated heterocycles. The van der Waals surface area contributed by atoms with E-state index in [-0.39, 0.29) is 24.0 Å². The number of amides is 1. The van der Waals surface area contributed by atoms with E-state index in [1.807, 2.05) is 12.1 Å². The van der Waals surface area contributed by atoms with Crippen LogP contribution in [0.1, 0.15) is 23.1 Å². The molecule has 10 heteroatoms. The third kappa shape index (κ3) is 4.90. The Morgan fingerprint density at radius 2 is 1.93 bits per heavy atom. The van der Waals surface area contributed by atoms with E-state index in [1.165, 1.54) is 22.7 Å². The molecule has 0 atom stereocenters. The van der Waals surface area contributed by atoms with E-state index < -0.39 is 0 Å². The van der Waals surface area contributed by atoms with Crippen LogP contribution in [0.5, 0.6) is 11.5 Å². The lowest BCUT2D eigenvalue weighted by molar-refractivity contribution is -0.142. The van der Waals surface area contributed by atoms with E-state index in [4.69, 9.17) is 14.2 Å². The van der Waals surface area contributed by atoms with Gasteiger partial charge < -0.3 is 14.2 Å². The summed E-state index contributed by atoms with van der Waals surface area (Å²) in [6.45, 7) is 2.06. The molecule has 0 bridgehead atoms. The molecular weight excluding hydrogens is 414 g/mol. The number of carbonyl (C=O) groups is 2. The van der Waals surface area contributed by atoms with Gasteiger partial charge in [-0.2, -0.15) is 0 Å². The Morgan fingerprint density at radius 1 is 1.10 bits per heavy atom. The first-order chi connectivity index (χ1) is 14.0. The Hall–Kier alpha value is -2.98. The van der Waals surface area contributed by atoms with E-state index in [2.05, 4.69) is 15.3 Å². The fourth-order valence-electron chi connectivity index (χ4n) is 2.52. The molecule has 0 fully saturated rings. The zero-order chi connectivity index (χ0) is 20.8. The standard InChI is InChI=1S/C19H19N3O5S2/c1-4-27-15(23)8-11-9-29-19(20-11)22-17(24)13-10-28-18(21-13)12-6-5-7-14(25-2)16(12)26-3/h5-7,9-10H,4,8H2,1-3H3,(H,20,22,24). The average molecular weight is 434 g/mol. The van der Waals surface area contributed by atoms with E-state index in [0.29, 0.717) is 33.9 Å². The summed E-state index contributed by atoms with van der Waals surface area (Å²) in [5.41, 5.74) is 1.54. The molecule has 2 heterocycles. The van der Waals surface area contributed by atoms with Crippen molar-refractivity contribution in [3.8, 4) is 22.1 Å². The van der Waals surface area contributed by atoms with E-state index in [0.717, 1.165) is 5.56 Å². The quantitative estimate of drug-likeness (QED) is 0.541. The lowest BCUT2D eigenvalue weighted by Crippen LogP contribution is -2.12. The van der Waals surface area contributed by atoms with Gasteiger partial charge in [0.1, 0.15) is 10.7 Å². The van der Waals surface area contributed by atoms with Crippen molar-refractivity contribution in [2.24, 2.45) is 0 Å². The van der Waals surface area contributed by atoms with Crippen molar-refractivity contribution in [1.29, 1.82) is 0 Å². The highest BCUT2D eigenvalue weighted by molar-refractivity contribution is 7.14. The summed E-state index contributed by atoms with van der Waals surface area (Å²) in [6, 6.07) is 5.47. The van der Waals surface area contributed by atoms with E-state index in [9.17, 15) is 9.59 Å². The molecule has 0 unspecified atom stereocenters. The first-order valence-electron chi connectivity index (χ1n) is 8.64. The summed E-state index contributed by atoms with van der Waals surface area (Å²) in [5, 5.41) is 7.10. The normalized spacial score (nSPS) is 10.4. The SMILES string of the molecule is CCOC(=O)Cc1csc(NC(=O)c2csc(-c3cccc(OC)c3OC)n2)n1. The predicted molar refractivity (Wildman–Crippen MR) is 111 cm³/mol. The van der Waals surface area contributed by atoms with Crippen LogP contribution in [-0.2, 0) is 16.0 Å². The molecule has 152 valence electrons. The van der Waals surface area contributed by atoms with Crippen molar-refractivity contribution in [1.82, 2.24) is 9.97 Å². The molecule has 0 aliphatic carbocycles. The monoisotopic (exact) mass is 433 g/mol. The van der Waals surface area contributed by atoms with Gasteiger partial charge in [-0.25, -0.2) is 9.97 Å². The van der Waals surface area contributed by atoms with Gasteiger partial charge in [0.25, 0.3) is 5.91 Å². The summed E-state index contributed by atoms with van der Waals surface area (Å²) in [6.07, 6.45) is 0.0662. The number of esters is 1. The molecule has 1 aromatic carbocycles. The number of hydrogen-bond acceptors (Lipinski definition) is 9. The van der Waals surface area contributed by atoms with Gasteiger partial charge in [-0.1, -0.05) is 6.07 Å². The van der Waals surface area contributed by atoms with Gasteiger partial charge in [-0.05, 0) is 19.1 Å². The van der Waals surface area contributed by atoms with Crippen molar-refractivity contribution < 1.29 is 23.8 Å². The van der Waals surface area contributed by atoms with Crippen molar-refractivity contribution in [2.45, 2.75) is 13.3 Å². The molecule has 1 N–H and O–H groups in total. The van der Waals surface area contributed by atoms with Crippen LogP contribution in [0.25, 0.3) is 10.6 Å². The van der Waals surface area contributed by atoms with Crippen molar-refractivity contribution in [3.63, 3.8) is 0 Å². The number of anilines is 1. The number of nitrogens with one attached hydrogen (secondary N) is 1. The fourth-order valence-corrected chi connectivity index (χ4v) is 4.05. The number of para-hydroxylation sites is 1. The summed E-state index contributed by atoms with van der Waals surface area (Å²) < 4.78 is 15.6. The molecule has 0 saturated carbocycles. The first-order valence-corrected chi connectivity index (χ1v) is 10.4. The summed E-state index contributed by atoms with van der Waals surface area (Å²) in [7, 11) is 3.12. The third-order valence-electron chi connectivity index (χ3n) is 3.77. The number of nitrogens with zero attached hydrogens (tertiary/aromatic N) is 2. The number of aromatic nitrogens is 2. The maximum absolute atomic E-state index is 12.5. The van der Waals surface area contributed by atoms with E-state index in [1.54, 1.807) is 38.0 Å². The molecule has 1 amide bonds. The Bertz CT molecular complexity index is 1010. The predicted octanol–water partition coefficient (Wildman–Crippen LogP) is 3.64. The molecule has 0 aliphatic rings. The summed E-state index contributed by atoms with van der Waals surface area (Å²) >= 11 is 2.56. The zero-order valence-corrected chi connectivity index (χ0v) is 17.7. The maximum Gasteiger partial charge on any atom is 0.311 e. The number of ether oxygens (including phenoxy) is 3. The minimum Gasteiger partial charge on any atom is -0.493 e. The molecule has 3 aromatic rings. The van der Waals surface area contributed by atoms with Crippen LogP contribution in [-0.4, -0.2) is 42.7 Å². The van der Waals surface area contributed by atoms with Gasteiger partial charge in [-0.3, -0.25) is 14.9 Å². The number of benzene rings is 1. The molecule has 29 heavy (non-hydrogen) atoms. The molecule has 0 spiro atoms. The largest absolute Gasteiger partial charge is 0.493 e. The average Bonchev–Trinajstić information content (AvgIpc) is 3.37. The summed E-state index contributed by atoms with van der Waals surface area (Å²) in [5.74, 6) is 0.404. The van der Waals surface area contributed by atoms with Crippen molar-refractivity contribution >= 4 is 39.7 Å². The number of hydrogen-bond donors (Lipinski definition) is 1. The molecular formula is C19H19N3O5S2. The first kappa shape index (κ1) is 20.7. The fraction of sp³-hybridized carbons (Fsp3) is 0.263. The Balaban J connectivity index is 1.72. The Kier molecular flexibility index (Phi) is 6.78. The zero-order valence-electron chi connectivity index (χ0n) is 16.1. The minimum absolute atomic E-state index is 0.0662. The van der Waals surface area contributed by atoms with Gasteiger partial charge >= 0.3 is 5.97 Å². The number of methoxy groups -OCH3 is 2. The molecule has 3 rings (SSSR count).